The number of para-hydroxylation sites is 2. The zero-order valence-electron chi connectivity index (χ0n) is 6.85. The number of hydrogen-bond acceptors (Lipinski definition) is 3. The summed E-state index contributed by atoms with van der Waals surface area (Å²) >= 11 is 0. The van der Waals surface area contributed by atoms with Crippen LogP contribution in [0, 0.1) is 0 Å². The number of ether oxygens (including phenoxy) is 1. The number of anilines is 1. The summed E-state index contributed by atoms with van der Waals surface area (Å²) in [5, 5.41) is 0. The lowest BCUT2D eigenvalue weighted by molar-refractivity contribution is 0.411. The average molecular weight is 202 g/mol. The smallest absolute Gasteiger partial charge is 0.387 e. The van der Waals surface area contributed by atoms with E-state index >= 15 is 0 Å². The van der Waals surface area contributed by atoms with Crippen LogP contribution in [0.25, 0.3) is 0 Å². The normalized spacial score (nSPS) is 10.9. The summed E-state index contributed by atoms with van der Waals surface area (Å²) in [6.45, 7) is 0. The van der Waals surface area contributed by atoms with Crippen molar-refractivity contribution in [1.29, 1.82) is 0 Å². The first-order chi connectivity index (χ1) is 6.03. The minimum atomic E-state index is -4.49. The van der Waals surface area contributed by atoms with Gasteiger partial charge in [0.1, 0.15) is 5.75 Å². The molecule has 1 N–H and O–H groups in total. The van der Waals surface area contributed by atoms with Gasteiger partial charge in [0.05, 0.1) is 12.8 Å². The first-order valence-corrected chi connectivity index (χ1v) is 4.80. The Morgan fingerprint density at radius 3 is 2.46 bits per heavy atom. The van der Waals surface area contributed by atoms with E-state index in [4.69, 9.17) is 4.74 Å². The lowest BCUT2D eigenvalue weighted by Crippen LogP contribution is -2.09. The lowest BCUT2D eigenvalue weighted by Gasteiger charge is -2.06. The fraction of sp³-hybridized carbons (Fsp3) is 0.143. The van der Waals surface area contributed by atoms with Crippen molar-refractivity contribution in [3.8, 4) is 5.75 Å². The summed E-state index contributed by atoms with van der Waals surface area (Å²) in [6.07, 6.45) is 0. The number of rotatable bonds is 3. The Morgan fingerprint density at radius 1 is 1.31 bits per heavy atom. The molecule has 0 fully saturated rings. The van der Waals surface area contributed by atoms with Crippen LogP contribution in [0.2, 0.25) is 0 Å². The molecule has 6 heteroatoms. The van der Waals surface area contributed by atoms with Gasteiger partial charge in [0.15, 0.2) is 0 Å². The Labute approximate surface area is 76.2 Å². The highest BCUT2D eigenvalue weighted by molar-refractivity contribution is 7.86. The van der Waals surface area contributed by atoms with Crippen molar-refractivity contribution in [2.45, 2.75) is 0 Å². The number of hydrogen-bond donors (Lipinski definition) is 1. The van der Waals surface area contributed by atoms with Crippen molar-refractivity contribution in [2.24, 2.45) is 0 Å². The van der Waals surface area contributed by atoms with Gasteiger partial charge in [-0.25, -0.2) is 0 Å². The fourth-order valence-corrected chi connectivity index (χ4v) is 1.30. The largest absolute Gasteiger partial charge is 0.495 e. The molecule has 0 aliphatic carbocycles. The maximum Gasteiger partial charge on any atom is 0.387 e. The fourth-order valence-electron chi connectivity index (χ4n) is 0.864. The van der Waals surface area contributed by atoms with Gasteiger partial charge in [0.2, 0.25) is 0 Å². The van der Waals surface area contributed by atoms with Crippen molar-refractivity contribution in [1.82, 2.24) is 0 Å². The zero-order valence-corrected chi connectivity index (χ0v) is 7.67. The Morgan fingerprint density at radius 2 is 1.92 bits per heavy atom. The summed E-state index contributed by atoms with van der Waals surface area (Å²) in [4.78, 5) is 0. The van der Waals surface area contributed by atoms with E-state index in [1.54, 1.807) is 22.9 Å². The first-order valence-electron chi connectivity index (χ1n) is 3.39. The highest BCUT2D eigenvalue weighted by Crippen LogP contribution is 2.23. The van der Waals surface area contributed by atoms with E-state index in [9.17, 15) is 13.0 Å². The predicted octanol–water partition coefficient (Wildman–Crippen LogP) is 0.782. The van der Waals surface area contributed by atoms with E-state index in [0.29, 0.717) is 5.75 Å². The third-order valence-electron chi connectivity index (χ3n) is 1.34. The number of benzene rings is 1. The second kappa shape index (κ2) is 3.63. The summed E-state index contributed by atoms with van der Waals surface area (Å²) < 4.78 is 37.7. The third kappa shape index (κ3) is 2.92. The summed E-state index contributed by atoms with van der Waals surface area (Å²) in [7, 11) is -3.10. The van der Waals surface area contributed by atoms with Crippen molar-refractivity contribution in [2.75, 3.05) is 11.8 Å². The third-order valence-corrected chi connectivity index (χ3v) is 1.81. The maximum absolute atomic E-state index is 10.3. The molecule has 1 aromatic rings. The molecule has 0 saturated carbocycles. The molecular weight excluding hydrogens is 194 g/mol. The maximum atomic E-state index is 10.3. The highest BCUT2D eigenvalue weighted by atomic mass is 32.2. The van der Waals surface area contributed by atoms with Crippen LogP contribution in [0.5, 0.6) is 5.75 Å². The molecule has 1 radical (unpaired) electrons. The molecule has 5 nitrogen and oxygen atoms in total. The summed E-state index contributed by atoms with van der Waals surface area (Å²) in [5.74, 6) is 0.307. The molecule has 13 heavy (non-hydrogen) atoms. The molecule has 0 unspecified atom stereocenters. The minimum absolute atomic E-state index is 0.139. The Bertz CT molecular complexity index is 387. The van der Waals surface area contributed by atoms with Crippen LogP contribution in [0.1, 0.15) is 0 Å². The van der Waals surface area contributed by atoms with Gasteiger partial charge in [-0.1, -0.05) is 16.7 Å². The van der Waals surface area contributed by atoms with Crippen LogP contribution in [-0.4, -0.2) is 15.5 Å². The standard InChI is InChI=1S/C7H8NO4S/c1-12-7-5-3-2-4-6(7)8-13(9,10)11/h2-5,8H,1H3. The Balaban J connectivity index is 3.01. The first kappa shape index (κ1) is 9.82. The molecule has 1 rings (SSSR count). The van der Waals surface area contributed by atoms with Gasteiger partial charge in [0, 0.05) is 0 Å². The zero-order chi connectivity index (χ0) is 9.90. The van der Waals surface area contributed by atoms with E-state index in [1.165, 1.54) is 13.2 Å². The van der Waals surface area contributed by atoms with Gasteiger partial charge >= 0.3 is 10.3 Å². The predicted molar refractivity (Wildman–Crippen MR) is 46.2 cm³/mol. The van der Waals surface area contributed by atoms with E-state index in [-0.39, 0.29) is 5.69 Å². The Kier molecular flexibility index (Phi) is 2.74. The van der Waals surface area contributed by atoms with E-state index in [2.05, 4.69) is 0 Å². The molecule has 0 bridgehead atoms. The van der Waals surface area contributed by atoms with Gasteiger partial charge in [-0.05, 0) is 12.1 Å². The number of nitrogens with one attached hydrogen (secondary N) is 1. The SMILES string of the molecule is COc1ccccc1NS([O])(=O)=O. The molecule has 0 aliphatic rings. The molecule has 0 heterocycles. The van der Waals surface area contributed by atoms with Gasteiger partial charge in [-0.3, -0.25) is 4.72 Å². The summed E-state index contributed by atoms with van der Waals surface area (Å²) in [5.41, 5.74) is 0.139. The van der Waals surface area contributed by atoms with Gasteiger partial charge in [-0.15, -0.1) is 0 Å². The molecule has 0 aliphatic heterocycles. The monoisotopic (exact) mass is 202 g/mol. The van der Waals surface area contributed by atoms with Gasteiger partial charge in [0.25, 0.3) is 0 Å². The van der Waals surface area contributed by atoms with Crippen LogP contribution in [-0.2, 0) is 14.9 Å². The minimum Gasteiger partial charge on any atom is -0.495 e. The quantitative estimate of drug-likeness (QED) is 0.787. The van der Waals surface area contributed by atoms with Crippen LogP contribution < -0.4 is 9.46 Å². The lowest BCUT2D eigenvalue weighted by atomic mass is 10.3. The van der Waals surface area contributed by atoms with Crippen molar-refractivity contribution in [3.05, 3.63) is 24.3 Å². The van der Waals surface area contributed by atoms with Crippen LogP contribution in [0.15, 0.2) is 24.3 Å². The Hall–Kier alpha value is -1.27. The van der Waals surface area contributed by atoms with Crippen molar-refractivity contribution in [3.63, 3.8) is 0 Å². The molecule has 0 atom stereocenters. The number of methoxy groups -OCH3 is 1. The van der Waals surface area contributed by atoms with E-state index in [0.717, 1.165) is 0 Å². The van der Waals surface area contributed by atoms with Crippen LogP contribution >= 0.6 is 0 Å². The van der Waals surface area contributed by atoms with Gasteiger partial charge < -0.3 is 4.74 Å². The molecule has 71 valence electrons. The van der Waals surface area contributed by atoms with Crippen LogP contribution in [0.4, 0.5) is 5.69 Å². The van der Waals surface area contributed by atoms with Gasteiger partial charge in [-0.2, -0.15) is 8.42 Å². The van der Waals surface area contributed by atoms with E-state index in [1.807, 2.05) is 0 Å². The average Bonchev–Trinajstić information content (AvgIpc) is 2.02. The molecule has 0 spiro atoms. The highest BCUT2D eigenvalue weighted by Gasteiger charge is 2.09. The van der Waals surface area contributed by atoms with Crippen molar-refractivity contribution < 1.29 is 17.7 Å². The molecular formula is C7H8NO4S. The molecule has 1 aromatic carbocycles. The topological polar surface area (TPSA) is 75.3 Å². The van der Waals surface area contributed by atoms with Crippen LogP contribution in [0.3, 0.4) is 0 Å². The molecule has 0 saturated heterocycles. The molecule has 0 aromatic heterocycles. The second-order valence-electron chi connectivity index (χ2n) is 2.26. The second-order valence-corrected chi connectivity index (χ2v) is 3.37. The van der Waals surface area contributed by atoms with Crippen molar-refractivity contribution >= 4 is 16.0 Å². The van der Waals surface area contributed by atoms with E-state index < -0.39 is 10.3 Å². The molecule has 0 amide bonds. The summed E-state index contributed by atoms with van der Waals surface area (Å²) in [6, 6.07) is 6.25.